The molecule has 1 aromatic rings. The molecule has 0 saturated carbocycles. The van der Waals surface area contributed by atoms with Gasteiger partial charge in [-0.05, 0) is 51.0 Å². The van der Waals surface area contributed by atoms with Gasteiger partial charge < -0.3 is 20.3 Å². The van der Waals surface area contributed by atoms with E-state index in [-0.39, 0.29) is 30.1 Å². The fraction of sp³-hybridized carbons (Fsp3) is 0.667. The second kappa shape index (κ2) is 11.0. The zero-order valence-electron chi connectivity index (χ0n) is 16.1. The molecule has 1 aromatic heterocycles. The summed E-state index contributed by atoms with van der Waals surface area (Å²) >= 11 is 1.73. The van der Waals surface area contributed by atoms with Crippen molar-refractivity contribution in [2.75, 3.05) is 26.7 Å². The van der Waals surface area contributed by atoms with Crippen LogP contribution in [0, 0.1) is 5.92 Å². The summed E-state index contributed by atoms with van der Waals surface area (Å²) in [5.41, 5.74) is -0.434. The lowest BCUT2D eigenvalue weighted by Crippen LogP contribution is -2.45. The van der Waals surface area contributed by atoms with Crippen molar-refractivity contribution < 1.29 is 9.53 Å². The molecule has 1 aliphatic heterocycles. The van der Waals surface area contributed by atoms with E-state index in [1.54, 1.807) is 18.4 Å². The molecule has 0 bridgehead atoms. The van der Waals surface area contributed by atoms with Crippen LogP contribution in [-0.2, 0) is 11.3 Å². The van der Waals surface area contributed by atoms with Crippen LogP contribution in [0.2, 0.25) is 0 Å². The van der Waals surface area contributed by atoms with Gasteiger partial charge in [-0.15, -0.1) is 35.3 Å². The number of thiophene rings is 1. The number of halogens is 1. The molecular formula is C18H31IN4O2S. The van der Waals surface area contributed by atoms with Crippen LogP contribution in [0.1, 0.15) is 38.5 Å². The molecule has 1 aliphatic rings. The molecular weight excluding hydrogens is 463 g/mol. The van der Waals surface area contributed by atoms with Crippen molar-refractivity contribution in [3.8, 4) is 0 Å². The van der Waals surface area contributed by atoms with Crippen molar-refractivity contribution in [3.63, 3.8) is 0 Å². The molecule has 1 fully saturated rings. The van der Waals surface area contributed by atoms with Gasteiger partial charge in [-0.3, -0.25) is 4.99 Å². The van der Waals surface area contributed by atoms with E-state index in [0.717, 1.165) is 45.0 Å². The summed E-state index contributed by atoms with van der Waals surface area (Å²) in [5.74, 6) is 1.36. The molecule has 0 spiro atoms. The van der Waals surface area contributed by atoms with E-state index in [0.29, 0.717) is 5.92 Å². The van der Waals surface area contributed by atoms with Gasteiger partial charge in [-0.1, -0.05) is 6.07 Å². The van der Waals surface area contributed by atoms with Gasteiger partial charge >= 0.3 is 6.09 Å². The first kappa shape index (κ1) is 23.0. The average molecular weight is 494 g/mol. The van der Waals surface area contributed by atoms with Gasteiger partial charge in [0.15, 0.2) is 5.96 Å². The summed E-state index contributed by atoms with van der Waals surface area (Å²) in [7, 11) is 1.79. The first-order chi connectivity index (χ1) is 11.9. The van der Waals surface area contributed by atoms with Crippen molar-refractivity contribution in [3.05, 3.63) is 22.4 Å². The Morgan fingerprint density at radius 2 is 2.04 bits per heavy atom. The Balaban J connectivity index is 0.00000338. The summed E-state index contributed by atoms with van der Waals surface area (Å²) in [6.07, 6.45) is 1.76. The van der Waals surface area contributed by atoms with Crippen molar-refractivity contribution in [2.24, 2.45) is 10.9 Å². The predicted octanol–water partition coefficient (Wildman–Crippen LogP) is 3.68. The van der Waals surface area contributed by atoms with Gasteiger partial charge in [0, 0.05) is 31.6 Å². The lowest BCUT2D eigenvalue weighted by molar-refractivity contribution is 0.0185. The summed E-state index contributed by atoms with van der Waals surface area (Å²) in [4.78, 5) is 19.5. The third-order valence-electron chi connectivity index (χ3n) is 4.06. The topological polar surface area (TPSA) is 66.0 Å². The van der Waals surface area contributed by atoms with Crippen molar-refractivity contribution in [1.82, 2.24) is 15.5 Å². The first-order valence-corrected chi connectivity index (χ1v) is 9.70. The van der Waals surface area contributed by atoms with Gasteiger partial charge in [0.2, 0.25) is 0 Å². The number of amides is 1. The minimum Gasteiger partial charge on any atom is -0.444 e. The molecule has 8 heteroatoms. The summed E-state index contributed by atoms with van der Waals surface area (Å²) < 4.78 is 5.44. The molecule has 0 radical (unpaired) electrons. The number of aliphatic imine (C=N–C) groups is 1. The maximum atomic E-state index is 12.1. The largest absolute Gasteiger partial charge is 0.444 e. The number of carbonyl (C=O) groups excluding carboxylic acids is 1. The lowest BCUT2D eigenvalue weighted by atomic mass is 9.97. The van der Waals surface area contributed by atoms with Gasteiger partial charge in [-0.25, -0.2) is 4.79 Å². The number of hydrogen-bond acceptors (Lipinski definition) is 4. The van der Waals surface area contributed by atoms with E-state index < -0.39 is 5.60 Å². The minimum atomic E-state index is -0.434. The van der Waals surface area contributed by atoms with E-state index in [2.05, 4.69) is 33.1 Å². The number of nitrogens with one attached hydrogen (secondary N) is 2. The summed E-state index contributed by atoms with van der Waals surface area (Å²) in [5, 5.41) is 8.80. The minimum absolute atomic E-state index is 0. The number of nitrogens with zero attached hydrogens (tertiary/aromatic N) is 2. The standard InChI is InChI=1S/C18H30N4O2S.HI/c1-18(2,3)24-17(23)22-9-7-14(8-10-22)12-20-16(19-4)21-13-15-6-5-11-25-15;/h5-6,11,14H,7-10,12-13H2,1-4H3,(H2,19,20,21);1H. The van der Waals surface area contributed by atoms with Gasteiger partial charge in [0.1, 0.15) is 5.60 Å². The molecule has 0 aromatic carbocycles. The predicted molar refractivity (Wildman–Crippen MR) is 118 cm³/mol. The lowest BCUT2D eigenvalue weighted by Gasteiger charge is -2.33. The van der Waals surface area contributed by atoms with Crippen LogP contribution in [0.25, 0.3) is 0 Å². The number of piperidine rings is 1. The van der Waals surface area contributed by atoms with E-state index in [9.17, 15) is 4.79 Å². The maximum Gasteiger partial charge on any atom is 0.410 e. The molecule has 1 amide bonds. The average Bonchev–Trinajstić information content (AvgIpc) is 3.07. The van der Waals surface area contributed by atoms with E-state index in [1.807, 2.05) is 25.7 Å². The Morgan fingerprint density at radius 3 is 2.58 bits per heavy atom. The highest BCUT2D eigenvalue weighted by molar-refractivity contribution is 14.0. The fourth-order valence-corrected chi connectivity index (χ4v) is 3.34. The SMILES string of the molecule is CN=C(NCc1cccs1)NCC1CCN(C(=O)OC(C)(C)C)CC1.I. The van der Waals surface area contributed by atoms with Gasteiger partial charge in [0.05, 0.1) is 6.54 Å². The molecule has 2 rings (SSSR count). The van der Waals surface area contributed by atoms with Crippen LogP contribution in [0.4, 0.5) is 4.79 Å². The number of ether oxygens (including phenoxy) is 1. The van der Waals surface area contributed by atoms with Crippen LogP contribution in [0.3, 0.4) is 0 Å². The second-order valence-corrected chi connectivity index (χ2v) is 8.33. The van der Waals surface area contributed by atoms with Crippen LogP contribution in [0.15, 0.2) is 22.5 Å². The fourth-order valence-electron chi connectivity index (χ4n) is 2.69. The highest BCUT2D eigenvalue weighted by Gasteiger charge is 2.26. The Kier molecular flexibility index (Phi) is 9.70. The molecule has 148 valence electrons. The molecule has 2 heterocycles. The molecule has 0 aliphatic carbocycles. The summed E-state index contributed by atoms with van der Waals surface area (Å²) in [6, 6.07) is 4.16. The van der Waals surface area contributed by atoms with Crippen LogP contribution >= 0.6 is 35.3 Å². The highest BCUT2D eigenvalue weighted by Crippen LogP contribution is 2.19. The Bertz CT molecular complexity index is 564. The second-order valence-electron chi connectivity index (χ2n) is 7.30. The van der Waals surface area contributed by atoms with E-state index >= 15 is 0 Å². The van der Waals surface area contributed by atoms with Crippen molar-refractivity contribution in [2.45, 2.75) is 45.8 Å². The van der Waals surface area contributed by atoms with Gasteiger partial charge in [0.25, 0.3) is 0 Å². The van der Waals surface area contributed by atoms with Crippen LogP contribution in [-0.4, -0.2) is 49.2 Å². The third kappa shape index (κ3) is 8.11. The normalized spacial score (nSPS) is 16.0. The van der Waals surface area contributed by atoms with Gasteiger partial charge in [-0.2, -0.15) is 0 Å². The molecule has 2 N–H and O–H groups in total. The monoisotopic (exact) mass is 494 g/mol. The first-order valence-electron chi connectivity index (χ1n) is 8.82. The van der Waals surface area contributed by atoms with E-state index in [1.165, 1.54) is 4.88 Å². The zero-order valence-corrected chi connectivity index (χ0v) is 19.2. The number of hydrogen-bond donors (Lipinski definition) is 2. The molecule has 6 nitrogen and oxygen atoms in total. The Hall–Kier alpha value is -1.03. The van der Waals surface area contributed by atoms with E-state index in [4.69, 9.17) is 4.74 Å². The quantitative estimate of drug-likeness (QED) is 0.381. The molecule has 0 unspecified atom stereocenters. The maximum absolute atomic E-state index is 12.1. The highest BCUT2D eigenvalue weighted by atomic mass is 127. The van der Waals surface area contributed by atoms with Crippen LogP contribution < -0.4 is 10.6 Å². The van der Waals surface area contributed by atoms with Crippen molar-refractivity contribution >= 4 is 47.4 Å². The third-order valence-corrected chi connectivity index (χ3v) is 4.93. The number of rotatable bonds is 4. The molecule has 0 atom stereocenters. The number of guanidine groups is 1. The number of carbonyl (C=O) groups is 1. The smallest absolute Gasteiger partial charge is 0.410 e. The zero-order chi connectivity index (χ0) is 18.3. The molecule has 26 heavy (non-hydrogen) atoms. The van der Waals surface area contributed by atoms with Crippen molar-refractivity contribution in [1.29, 1.82) is 0 Å². The van der Waals surface area contributed by atoms with Crippen LogP contribution in [0.5, 0.6) is 0 Å². The Labute approximate surface area is 177 Å². The summed E-state index contributed by atoms with van der Waals surface area (Å²) in [6.45, 7) is 8.86. The molecule has 1 saturated heterocycles. The Morgan fingerprint density at radius 1 is 1.35 bits per heavy atom. The number of likely N-dealkylation sites (tertiary alicyclic amines) is 1.